The highest BCUT2D eigenvalue weighted by molar-refractivity contribution is 5.78. The zero-order chi connectivity index (χ0) is 7.68. The van der Waals surface area contributed by atoms with Crippen molar-refractivity contribution in [2.75, 3.05) is 19.8 Å². The lowest BCUT2D eigenvalue weighted by atomic mass is 10.4. The Balaban J connectivity index is 1.97. The first-order valence-electron chi connectivity index (χ1n) is 3.81. The average molecular weight is 156 g/mol. The normalized spacial score (nSPS) is 26.9. The maximum absolute atomic E-state index is 11.1. The molecule has 0 saturated carbocycles. The van der Waals surface area contributed by atoms with Gasteiger partial charge in [-0.1, -0.05) is 0 Å². The third kappa shape index (κ3) is 1.23. The predicted molar refractivity (Wildman–Crippen MR) is 36.1 cm³/mol. The van der Waals surface area contributed by atoms with Gasteiger partial charge in [0.2, 0.25) is 5.91 Å². The number of carbonyl (C=O) groups is 1. The van der Waals surface area contributed by atoms with E-state index in [0.29, 0.717) is 26.0 Å². The van der Waals surface area contributed by atoms with Gasteiger partial charge in [0.05, 0.1) is 13.2 Å². The molecule has 2 fully saturated rings. The molecule has 61 valence electrons. The van der Waals surface area contributed by atoms with Crippen molar-refractivity contribution in [1.29, 1.82) is 0 Å². The van der Waals surface area contributed by atoms with Crippen LogP contribution in [0.4, 0.5) is 0 Å². The Morgan fingerprint density at radius 1 is 1.27 bits per heavy atom. The van der Waals surface area contributed by atoms with Crippen molar-refractivity contribution in [3.8, 4) is 0 Å². The molecular formula is C7H10NO3. The van der Waals surface area contributed by atoms with E-state index < -0.39 is 0 Å². The van der Waals surface area contributed by atoms with E-state index in [1.807, 2.05) is 0 Å². The van der Waals surface area contributed by atoms with Gasteiger partial charge in [0.1, 0.15) is 0 Å². The van der Waals surface area contributed by atoms with Gasteiger partial charge >= 0.3 is 6.41 Å². The number of hydrogen-bond donors (Lipinski definition) is 0. The summed E-state index contributed by atoms with van der Waals surface area (Å²) in [7, 11) is 0. The summed E-state index contributed by atoms with van der Waals surface area (Å²) in [4.78, 5) is 12.7. The average Bonchev–Trinajstić information content (AvgIpc) is 2.55. The maximum Gasteiger partial charge on any atom is 0.333 e. The Bertz CT molecular complexity index is 165. The van der Waals surface area contributed by atoms with Gasteiger partial charge in [-0.05, 0) is 6.42 Å². The number of likely N-dealkylation sites (tertiary alicyclic amines) is 1. The molecule has 2 saturated heterocycles. The van der Waals surface area contributed by atoms with Crippen LogP contribution in [0, 0.1) is 6.41 Å². The van der Waals surface area contributed by atoms with Crippen LogP contribution in [0.2, 0.25) is 0 Å². The number of ether oxygens (including phenoxy) is 2. The molecular weight excluding hydrogens is 146 g/mol. The van der Waals surface area contributed by atoms with E-state index in [1.165, 1.54) is 0 Å². The van der Waals surface area contributed by atoms with Crippen LogP contribution in [0.1, 0.15) is 12.8 Å². The molecule has 1 amide bonds. The first-order valence-corrected chi connectivity index (χ1v) is 3.81. The SMILES string of the molecule is O=C1CCCN1[C]1OCCO1. The highest BCUT2D eigenvalue weighted by Crippen LogP contribution is 2.23. The Labute approximate surface area is 65.1 Å². The van der Waals surface area contributed by atoms with E-state index >= 15 is 0 Å². The number of amides is 1. The second-order valence-electron chi connectivity index (χ2n) is 2.61. The molecule has 0 spiro atoms. The second-order valence-corrected chi connectivity index (χ2v) is 2.61. The van der Waals surface area contributed by atoms with Crippen molar-refractivity contribution in [3.63, 3.8) is 0 Å². The molecule has 0 aromatic rings. The van der Waals surface area contributed by atoms with E-state index in [-0.39, 0.29) is 5.91 Å². The van der Waals surface area contributed by atoms with Gasteiger partial charge in [-0.2, -0.15) is 0 Å². The highest BCUT2D eigenvalue weighted by Gasteiger charge is 2.33. The van der Waals surface area contributed by atoms with E-state index in [1.54, 1.807) is 4.90 Å². The number of hydrogen-bond acceptors (Lipinski definition) is 3. The summed E-state index contributed by atoms with van der Waals surface area (Å²) in [5.74, 6) is 0.113. The predicted octanol–water partition coefficient (Wildman–Crippen LogP) is 0.103. The fourth-order valence-corrected chi connectivity index (χ4v) is 1.30. The molecule has 0 aromatic heterocycles. The van der Waals surface area contributed by atoms with E-state index in [0.717, 1.165) is 13.0 Å². The Morgan fingerprint density at radius 3 is 2.55 bits per heavy atom. The Kier molecular flexibility index (Phi) is 1.79. The van der Waals surface area contributed by atoms with Gasteiger partial charge in [-0.3, -0.25) is 9.69 Å². The minimum atomic E-state index is 0.113. The van der Waals surface area contributed by atoms with Crippen molar-refractivity contribution in [1.82, 2.24) is 4.90 Å². The molecule has 11 heavy (non-hydrogen) atoms. The molecule has 0 atom stereocenters. The summed E-state index contributed by atoms with van der Waals surface area (Å²) in [6, 6.07) is 0. The van der Waals surface area contributed by atoms with Crippen molar-refractivity contribution < 1.29 is 14.3 Å². The molecule has 2 rings (SSSR count). The first kappa shape index (κ1) is 7.06. The molecule has 0 bridgehead atoms. The van der Waals surface area contributed by atoms with Crippen molar-refractivity contribution in [3.05, 3.63) is 6.41 Å². The lowest BCUT2D eigenvalue weighted by molar-refractivity contribution is -0.138. The zero-order valence-corrected chi connectivity index (χ0v) is 6.21. The van der Waals surface area contributed by atoms with E-state index in [4.69, 9.17) is 9.47 Å². The molecule has 0 aromatic carbocycles. The fourth-order valence-electron chi connectivity index (χ4n) is 1.30. The van der Waals surface area contributed by atoms with Crippen LogP contribution >= 0.6 is 0 Å². The van der Waals surface area contributed by atoms with Crippen LogP contribution in [0.5, 0.6) is 0 Å². The van der Waals surface area contributed by atoms with Crippen LogP contribution in [0.3, 0.4) is 0 Å². The highest BCUT2D eigenvalue weighted by atomic mass is 16.7. The molecule has 1 radical (unpaired) electrons. The summed E-state index contributed by atoms with van der Waals surface area (Å²) in [6.45, 7) is 1.88. The van der Waals surface area contributed by atoms with E-state index in [9.17, 15) is 4.79 Å². The molecule has 2 aliphatic heterocycles. The largest absolute Gasteiger partial charge is 0.333 e. The molecule has 0 unspecified atom stereocenters. The van der Waals surface area contributed by atoms with Gasteiger partial charge in [0, 0.05) is 13.0 Å². The Hall–Kier alpha value is -0.610. The molecule has 0 N–H and O–H groups in total. The minimum absolute atomic E-state index is 0.113. The zero-order valence-electron chi connectivity index (χ0n) is 6.21. The number of nitrogens with zero attached hydrogens (tertiary/aromatic N) is 1. The van der Waals surface area contributed by atoms with Crippen LogP contribution in [0.25, 0.3) is 0 Å². The standard InChI is InChI=1S/C7H10NO3/c9-6-2-1-3-8(6)7-10-4-5-11-7/h1-5H2. The molecule has 4 heteroatoms. The molecule has 2 heterocycles. The smallest absolute Gasteiger partial charge is 0.324 e. The molecule has 2 aliphatic rings. The minimum Gasteiger partial charge on any atom is -0.324 e. The second kappa shape index (κ2) is 2.79. The maximum atomic E-state index is 11.1. The van der Waals surface area contributed by atoms with E-state index in [2.05, 4.69) is 0 Å². The van der Waals surface area contributed by atoms with Gasteiger partial charge < -0.3 is 9.47 Å². The van der Waals surface area contributed by atoms with Crippen LogP contribution in [-0.4, -0.2) is 30.6 Å². The first-order chi connectivity index (χ1) is 5.38. The van der Waals surface area contributed by atoms with Crippen LogP contribution in [0.15, 0.2) is 0 Å². The lowest BCUT2D eigenvalue weighted by Gasteiger charge is -2.18. The summed E-state index contributed by atoms with van der Waals surface area (Å²) in [6.07, 6.45) is 1.94. The Morgan fingerprint density at radius 2 is 2.00 bits per heavy atom. The number of rotatable bonds is 1. The summed E-state index contributed by atoms with van der Waals surface area (Å²) in [5, 5.41) is 0. The van der Waals surface area contributed by atoms with Gasteiger partial charge in [-0.15, -0.1) is 0 Å². The van der Waals surface area contributed by atoms with Gasteiger partial charge in [-0.25, -0.2) is 0 Å². The summed E-state index contributed by atoms with van der Waals surface area (Å²) < 4.78 is 10.2. The van der Waals surface area contributed by atoms with Crippen molar-refractivity contribution >= 4 is 5.91 Å². The molecule has 0 aliphatic carbocycles. The topological polar surface area (TPSA) is 38.8 Å². The van der Waals surface area contributed by atoms with Crippen LogP contribution in [-0.2, 0) is 14.3 Å². The van der Waals surface area contributed by atoms with Gasteiger partial charge in [0.25, 0.3) is 0 Å². The third-order valence-electron chi connectivity index (χ3n) is 1.83. The van der Waals surface area contributed by atoms with Crippen molar-refractivity contribution in [2.24, 2.45) is 0 Å². The number of carbonyl (C=O) groups excluding carboxylic acids is 1. The quantitative estimate of drug-likeness (QED) is 0.540. The monoisotopic (exact) mass is 156 g/mol. The van der Waals surface area contributed by atoms with Gasteiger partial charge in [0.15, 0.2) is 0 Å². The lowest BCUT2D eigenvalue weighted by Crippen LogP contribution is -2.30. The summed E-state index contributed by atoms with van der Waals surface area (Å²) >= 11 is 0. The fraction of sp³-hybridized carbons (Fsp3) is 0.714. The molecule has 4 nitrogen and oxygen atoms in total. The third-order valence-corrected chi connectivity index (χ3v) is 1.83. The summed E-state index contributed by atoms with van der Waals surface area (Å²) in [5.41, 5.74) is 0. The van der Waals surface area contributed by atoms with Crippen molar-refractivity contribution in [2.45, 2.75) is 12.8 Å². The van der Waals surface area contributed by atoms with Crippen LogP contribution < -0.4 is 0 Å².